The summed E-state index contributed by atoms with van der Waals surface area (Å²) in [6.07, 6.45) is 3.67. The first-order chi connectivity index (χ1) is 7.61. The minimum Gasteiger partial charge on any atom is -0.0798 e. The van der Waals surface area contributed by atoms with Gasteiger partial charge in [0.05, 0.1) is 0 Å². The Morgan fingerprint density at radius 2 is 1.75 bits per heavy atom. The summed E-state index contributed by atoms with van der Waals surface area (Å²) in [5.41, 5.74) is 4.58. The fraction of sp³-hybridized carbons (Fsp3) is 0.500. The van der Waals surface area contributed by atoms with E-state index < -0.39 is 0 Å². The molecule has 1 aliphatic carbocycles. The molecule has 0 aromatic heterocycles. The van der Waals surface area contributed by atoms with Gasteiger partial charge in [0.2, 0.25) is 0 Å². The maximum Gasteiger partial charge on any atom is -0.00981 e. The molecule has 0 heterocycles. The molecule has 1 atom stereocenters. The zero-order chi connectivity index (χ0) is 11.7. The monoisotopic (exact) mass is 214 g/mol. The quantitative estimate of drug-likeness (QED) is 0.659. The average Bonchev–Trinajstić information content (AvgIpc) is 2.27. The van der Waals surface area contributed by atoms with Crippen molar-refractivity contribution in [1.82, 2.24) is 0 Å². The lowest BCUT2D eigenvalue weighted by Crippen LogP contribution is -2.13. The molecule has 86 valence electrons. The van der Waals surface area contributed by atoms with Crippen LogP contribution in [0.2, 0.25) is 0 Å². The number of hydrogen-bond acceptors (Lipinski definition) is 0. The first kappa shape index (κ1) is 11.4. The highest BCUT2D eigenvalue weighted by Gasteiger charge is 2.24. The smallest absolute Gasteiger partial charge is 0.00981 e. The highest BCUT2D eigenvalue weighted by atomic mass is 14.3. The highest BCUT2D eigenvalue weighted by molar-refractivity contribution is 5.72. The van der Waals surface area contributed by atoms with E-state index in [9.17, 15) is 0 Å². The molecule has 0 amide bonds. The molecule has 2 rings (SSSR count). The van der Waals surface area contributed by atoms with Gasteiger partial charge in [-0.2, -0.15) is 0 Å². The van der Waals surface area contributed by atoms with Crippen molar-refractivity contribution in [3.8, 4) is 0 Å². The third kappa shape index (κ3) is 1.93. The summed E-state index contributed by atoms with van der Waals surface area (Å²) < 4.78 is 0. The van der Waals surface area contributed by atoms with Gasteiger partial charge in [0, 0.05) is 0 Å². The largest absolute Gasteiger partial charge is 0.0798 e. The van der Waals surface area contributed by atoms with Gasteiger partial charge in [-0.3, -0.25) is 0 Å². The van der Waals surface area contributed by atoms with E-state index >= 15 is 0 Å². The Labute approximate surface area is 99.4 Å². The van der Waals surface area contributed by atoms with Crippen molar-refractivity contribution >= 4 is 5.57 Å². The molecule has 0 nitrogen and oxygen atoms in total. The minimum atomic E-state index is 0.634. The van der Waals surface area contributed by atoms with Crippen molar-refractivity contribution in [2.24, 2.45) is 11.8 Å². The van der Waals surface area contributed by atoms with E-state index in [0.29, 0.717) is 11.8 Å². The summed E-state index contributed by atoms with van der Waals surface area (Å²) in [4.78, 5) is 0. The van der Waals surface area contributed by atoms with Crippen molar-refractivity contribution in [2.45, 2.75) is 40.0 Å². The summed E-state index contributed by atoms with van der Waals surface area (Å²) >= 11 is 0. The van der Waals surface area contributed by atoms with Crippen LogP contribution in [0, 0.1) is 11.8 Å². The lowest BCUT2D eigenvalue weighted by molar-refractivity contribution is 0.496. The second-order valence-electron chi connectivity index (χ2n) is 5.49. The maximum atomic E-state index is 2.46. The molecule has 0 fully saturated rings. The average molecular weight is 214 g/mol. The van der Waals surface area contributed by atoms with E-state index in [2.05, 4.69) is 58.0 Å². The van der Waals surface area contributed by atoms with Crippen LogP contribution in [-0.2, 0) is 0 Å². The normalized spacial score (nSPS) is 19.9. The van der Waals surface area contributed by atoms with Crippen LogP contribution in [0.15, 0.2) is 30.3 Å². The Hall–Kier alpha value is -1.04. The molecule has 0 aliphatic heterocycles. The molecule has 1 aromatic carbocycles. The molecule has 0 heteroatoms. The summed E-state index contributed by atoms with van der Waals surface area (Å²) in [5, 5.41) is 0. The number of rotatable bonds is 2. The third-order valence-electron chi connectivity index (χ3n) is 3.69. The van der Waals surface area contributed by atoms with Gasteiger partial charge < -0.3 is 0 Å². The van der Waals surface area contributed by atoms with Crippen LogP contribution in [0.1, 0.15) is 51.2 Å². The van der Waals surface area contributed by atoms with E-state index in [0.717, 1.165) is 5.92 Å². The Kier molecular flexibility index (Phi) is 3.18. The Morgan fingerprint density at radius 3 is 2.38 bits per heavy atom. The van der Waals surface area contributed by atoms with Crippen molar-refractivity contribution in [1.29, 1.82) is 0 Å². The van der Waals surface area contributed by atoms with Gasteiger partial charge in [0.1, 0.15) is 0 Å². The molecule has 0 bridgehead atoms. The standard InChI is InChI=1S/C16H22/c1-11(2)13-9-10-14(12(3)4)16-8-6-5-7-15(13)16/h5-9,11-12,14H,10H2,1-4H3. The predicted molar refractivity (Wildman–Crippen MR) is 71.5 cm³/mol. The Morgan fingerprint density at radius 1 is 1.06 bits per heavy atom. The third-order valence-corrected chi connectivity index (χ3v) is 3.69. The molecular weight excluding hydrogens is 192 g/mol. The molecule has 0 radical (unpaired) electrons. The number of benzene rings is 1. The molecule has 1 aromatic rings. The van der Waals surface area contributed by atoms with E-state index in [-0.39, 0.29) is 0 Å². The van der Waals surface area contributed by atoms with Crippen molar-refractivity contribution < 1.29 is 0 Å². The summed E-state index contributed by atoms with van der Waals surface area (Å²) in [5.74, 6) is 2.07. The van der Waals surface area contributed by atoms with Crippen LogP contribution in [0.4, 0.5) is 0 Å². The van der Waals surface area contributed by atoms with Gasteiger partial charge in [-0.05, 0) is 40.9 Å². The molecule has 0 N–H and O–H groups in total. The zero-order valence-electron chi connectivity index (χ0n) is 10.8. The molecule has 0 saturated heterocycles. The Balaban J connectivity index is 2.48. The lowest BCUT2D eigenvalue weighted by atomic mass is 9.75. The fourth-order valence-electron chi connectivity index (χ4n) is 2.75. The van der Waals surface area contributed by atoms with Gasteiger partial charge >= 0.3 is 0 Å². The van der Waals surface area contributed by atoms with E-state index in [4.69, 9.17) is 0 Å². The highest BCUT2D eigenvalue weighted by Crippen LogP contribution is 2.40. The second kappa shape index (κ2) is 4.45. The second-order valence-corrected chi connectivity index (χ2v) is 5.49. The van der Waals surface area contributed by atoms with Crippen LogP contribution < -0.4 is 0 Å². The van der Waals surface area contributed by atoms with Crippen LogP contribution >= 0.6 is 0 Å². The molecular formula is C16H22. The summed E-state index contributed by atoms with van der Waals surface area (Å²) in [7, 11) is 0. The topological polar surface area (TPSA) is 0 Å². The van der Waals surface area contributed by atoms with E-state index in [1.54, 1.807) is 5.56 Å². The van der Waals surface area contributed by atoms with Gasteiger partial charge in [-0.15, -0.1) is 0 Å². The van der Waals surface area contributed by atoms with Crippen molar-refractivity contribution in [2.75, 3.05) is 0 Å². The van der Waals surface area contributed by atoms with Crippen LogP contribution in [0.25, 0.3) is 5.57 Å². The van der Waals surface area contributed by atoms with Crippen molar-refractivity contribution in [3.63, 3.8) is 0 Å². The Bertz CT molecular complexity index is 396. The predicted octanol–water partition coefficient (Wildman–Crippen LogP) is 4.87. The first-order valence-corrected chi connectivity index (χ1v) is 6.40. The number of hydrogen-bond donors (Lipinski definition) is 0. The maximum absolute atomic E-state index is 2.46. The molecule has 16 heavy (non-hydrogen) atoms. The lowest BCUT2D eigenvalue weighted by Gasteiger charge is -2.29. The van der Waals surface area contributed by atoms with Gasteiger partial charge in [0.15, 0.2) is 0 Å². The number of allylic oxidation sites excluding steroid dienone is 2. The summed E-state index contributed by atoms with van der Waals surface area (Å²) in [6, 6.07) is 8.94. The first-order valence-electron chi connectivity index (χ1n) is 6.40. The molecule has 1 aliphatic rings. The van der Waals surface area contributed by atoms with Gasteiger partial charge in [0.25, 0.3) is 0 Å². The molecule has 0 spiro atoms. The van der Waals surface area contributed by atoms with Gasteiger partial charge in [-0.25, -0.2) is 0 Å². The molecule has 1 unspecified atom stereocenters. The van der Waals surface area contributed by atoms with Crippen LogP contribution in [-0.4, -0.2) is 0 Å². The van der Waals surface area contributed by atoms with E-state index in [1.165, 1.54) is 17.6 Å². The molecule has 0 saturated carbocycles. The van der Waals surface area contributed by atoms with Gasteiger partial charge in [-0.1, -0.05) is 58.0 Å². The van der Waals surface area contributed by atoms with Crippen molar-refractivity contribution in [3.05, 3.63) is 41.5 Å². The van der Waals surface area contributed by atoms with Crippen LogP contribution in [0.5, 0.6) is 0 Å². The SMILES string of the molecule is CC(C)C1=CCC(C(C)C)c2ccccc21. The minimum absolute atomic E-state index is 0.634. The van der Waals surface area contributed by atoms with E-state index in [1.807, 2.05) is 0 Å². The van der Waals surface area contributed by atoms with Crippen LogP contribution in [0.3, 0.4) is 0 Å². The fourth-order valence-corrected chi connectivity index (χ4v) is 2.75. The zero-order valence-corrected chi connectivity index (χ0v) is 10.8. The summed E-state index contributed by atoms with van der Waals surface area (Å²) in [6.45, 7) is 9.24. The number of fused-ring (bicyclic) bond motifs is 1.